The number of nitrogens with zero attached hydrogens (tertiary/aromatic N) is 7. The van der Waals surface area contributed by atoms with E-state index in [1.54, 1.807) is 35.9 Å². The molecule has 12 heteroatoms. The highest BCUT2D eigenvalue weighted by molar-refractivity contribution is 6.13. The molecule has 12 nitrogen and oxygen atoms in total. The van der Waals surface area contributed by atoms with Crippen LogP contribution in [0.15, 0.2) is 30.7 Å². The topological polar surface area (TPSA) is 122 Å². The zero-order chi connectivity index (χ0) is 28.1. The highest BCUT2D eigenvalue weighted by Crippen LogP contribution is 2.32. The summed E-state index contributed by atoms with van der Waals surface area (Å²) in [4.78, 5) is 38.9. The summed E-state index contributed by atoms with van der Waals surface area (Å²) in [5.41, 5.74) is 3.01. The molecule has 2 amide bonds. The van der Waals surface area contributed by atoms with Crippen molar-refractivity contribution in [2.45, 2.75) is 45.8 Å². The number of nitrogens with one attached hydrogen (secondary N) is 2. The van der Waals surface area contributed by atoms with Crippen molar-refractivity contribution in [1.29, 1.82) is 0 Å². The first-order valence-electron chi connectivity index (χ1n) is 13.0. The normalized spacial score (nSPS) is 15.7. The fourth-order valence-electron chi connectivity index (χ4n) is 4.96. The number of aromatic nitrogens is 5. The molecule has 206 valence electrons. The van der Waals surface area contributed by atoms with Gasteiger partial charge in [-0.25, -0.2) is 14.8 Å². The number of likely N-dealkylation sites (N-methyl/N-ethyl adjacent to an activating group) is 1. The van der Waals surface area contributed by atoms with Gasteiger partial charge in [0.25, 0.3) is 5.91 Å². The predicted molar refractivity (Wildman–Crippen MR) is 151 cm³/mol. The smallest absolute Gasteiger partial charge is 0.410 e. The van der Waals surface area contributed by atoms with Crippen molar-refractivity contribution in [3.05, 3.63) is 42.0 Å². The summed E-state index contributed by atoms with van der Waals surface area (Å²) in [6.45, 7) is 8.93. The van der Waals surface area contributed by atoms with Crippen molar-refractivity contribution in [2.24, 2.45) is 7.05 Å². The number of amides is 2. The first-order valence-corrected chi connectivity index (χ1v) is 13.0. The first-order chi connectivity index (χ1) is 18.4. The molecule has 0 bridgehead atoms. The number of anilines is 3. The molecule has 1 fully saturated rings. The Kier molecular flexibility index (Phi) is 6.57. The maximum absolute atomic E-state index is 13.4. The summed E-state index contributed by atoms with van der Waals surface area (Å²) >= 11 is 0. The molecule has 1 saturated heterocycles. The second kappa shape index (κ2) is 9.75. The summed E-state index contributed by atoms with van der Waals surface area (Å²) in [7, 11) is 5.39. The van der Waals surface area contributed by atoms with Gasteiger partial charge in [0.2, 0.25) is 0 Å². The van der Waals surface area contributed by atoms with Crippen molar-refractivity contribution in [3.63, 3.8) is 0 Å². The van der Waals surface area contributed by atoms with E-state index in [9.17, 15) is 9.59 Å². The Balaban J connectivity index is 1.39. The third-order valence-electron chi connectivity index (χ3n) is 6.78. The van der Waals surface area contributed by atoms with Gasteiger partial charge in [-0.3, -0.25) is 9.48 Å². The van der Waals surface area contributed by atoms with E-state index in [1.807, 2.05) is 57.6 Å². The number of hydrogen-bond acceptors (Lipinski definition) is 8. The highest BCUT2D eigenvalue weighted by Gasteiger charge is 2.32. The van der Waals surface area contributed by atoms with E-state index in [1.165, 1.54) is 0 Å². The van der Waals surface area contributed by atoms with Crippen LogP contribution in [-0.2, 0) is 11.8 Å². The largest absolute Gasteiger partial charge is 0.444 e. The van der Waals surface area contributed by atoms with Crippen LogP contribution >= 0.6 is 0 Å². The monoisotopic (exact) mass is 533 g/mol. The lowest BCUT2D eigenvalue weighted by molar-refractivity contribution is 0.0237. The lowest BCUT2D eigenvalue weighted by Gasteiger charge is -2.29. The number of imidazole rings is 1. The van der Waals surface area contributed by atoms with Gasteiger partial charge in [-0.15, -0.1) is 0 Å². The van der Waals surface area contributed by atoms with E-state index < -0.39 is 5.60 Å². The van der Waals surface area contributed by atoms with Crippen LogP contribution in [0.25, 0.3) is 16.6 Å². The zero-order valence-electron chi connectivity index (χ0n) is 23.4. The number of hydrogen-bond donors (Lipinski definition) is 2. The minimum Gasteiger partial charge on any atom is -0.444 e. The third kappa shape index (κ3) is 5.18. The van der Waals surface area contributed by atoms with Gasteiger partial charge in [0, 0.05) is 57.7 Å². The first kappa shape index (κ1) is 26.3. The number of benzene rings is 1. The Morgan fingerprint density at radius 3 is 2.64 bits per heavy atom. The van der Waals surface area contributed by atoms with E-state index in [0.29, 0.717) is 34.9 Å². The van der Waals surface area contributed by atoms with Crippen LogP contribution in [0.2, 0.25) is 0 Å². The van der Waals surface area contributed by atoms with Crippen LogP contribution in [0, 0.1) is 6.92 Å². The number of carbonyl (C=O) groups excluding carboxylic acids is 2. The Hall–Kier alpha value is -4.35. The number of ether oxygens (including phenoxy) is 1. The Morgan fingerprint density at radius 2 is 1.92 bits per heavy atom. The molecule has 1 atom stereocenters. The van der Waals surface area contributed by atoms with Crippen molar-refractivity contribution in [3.8, 4) is 0 Å². The second-order valence-corrected chi connectivity index (χ2v) is 11.0. The molecule has 2 N–H and O–H groups in total. The molecule has 1 aliphatic heterocycles. The van der Waals surface area contributed by atoms with Gasteiger partial charge >= 0.3 is 6.09 Å². The van der Waals surface area contributed by atoms with Crippen molar-refractivity contribution < 1.29 is 14.3 Å². The molecule has 3 aromatic heterocycles. The Bertz CT molecular complexity index is 1570. The second-order valence-electron chi connectivity index (χ2n) is 11.0. The van der Waals surface area contributed by atoms with E-state index in [4.69, 9.17) is 4.74 Å². The summed E-state index contributed by atoms with van der Waals surface area (Å²) in [5.74, 6) is 0.661. The molecular formula is C27H35N9O3. The standard InChI is InChI=1S/C27H35N9O3/c1-16-12-36-15-21(30-23(28-5)24(36)29-16)31-25(37)18-8-9-20(19-14-33(6)32-22(18)19)35-11-10-17(13-35)34(7)26(38)39-27(2,3)4/h8-9,12,14-15,17H,10-11,13H2,1-7H3,(H,28,30)(H,31,37)/t17-/m1/s1. The molecule has 0 aliphatic carbocycles. The predicted octanol–water partition coefficient (Wildman–Crippen LogP) is 3.66. The molecule has 0 spiro atoms. The number of fused-ring (bicyclic) bond motifs is 2. The van der Waals surface area contributed by atoms with Crippen molar-refractivity contribution >= 4 is 45.9 Å². The van der Waals surface area contributed by atoms with Gasteiger partial charge in [-0.1, -0.05) is 0 Å². The van der Waals surface area contributed by atoms with Crippen molar-refractivity contribution in [1.82, 2.24) is 29.0 Å². The van der Waals surface area contributed by atoms with Gasteiger partial charge < -0.3 is 29.6 Å². The van der Waals surface area contributed by atoms with Gasteiger partial charge in [0.05, 0.1) is 23.5 Å². The quantitative estimate of drug-likeness (QED) is 0.399. The number of aryl methyl sites for hydroxylation is 2. The van der Waals surface area contributed by atoms with Crippen LogP contribution in [0.4, 0.5) is 22.1 Å². The van der Waals surface area contributed by atoms with E-state index in [0.717, 1.165) is 29.7 Å². The molecule has 0 radical (unpaired) electrons. The molecule has 4 heterocycles. The molecule has 5 rings (SSSR count). The zero-order valence-corrected chi connectivity index (χ0v) is 23.4. The van der Waals surface area contributed by atoms with E-state index >= 15 is 0 Å². The molecule has 0 unspecified atom stereocenters. The molecule has 1 aromatic carbocycles. The average molecular weight is 534 g/mol. The SMILES string of the molecule is CNc1nc(NC(=O)c2ccc(N3CC[C@@H](N(C)C(=O)OC(C)(C)C)C3)c3cn(C)nc23)cn2cc(C)nc12. The maximum atomic E-state index is 13.4. The van der Waals surface area contributed by atoms with Crippen LogP contribution < -0.4 is 15.5 Å². The fraction of sp³-hybridized carbons (Fsp3) is 0.444. The van der Waals surface area contributed by atoms with Crippen LogP contribution in [0.5, 0.6) is 0 Å². The number of carbonyl (C=O) groups is 2. The van der Waals surface area contributed by atoms with Crippen LogP contribution in [0.1, 0.15) is 43.2 Å². The fourth-order valence-corrected chi connectivity index (χ4v) is 4.96. The lowest BCUT2D eigenvalue weighted by Crippen LogP contribution is -2.42. The minimum absolute atomic E-state index is 0.0173. The average Bonchev–Trinajstić information content (AvgIpc) is 3.58. The van der Waals surface area contributed by atoms with Crippen LogP contribution in [0.3, 0.4) is 0 Å². The lowest BCUT2D eigenvalue weighted by atomic mass is 10.1. The van der Waals surface area contributed by atoms with Crippen molar-refractivity contribution in [2.75, 3.05) is 42.7 Å². The number of rotatable bonds is 5. The Labute approximate surface area is 226 Å². The van der Waals surface area contributed by atoms with Crippen LogP contribution in [-0.4, -0.2) is 79.9 Å². The molecule has 39 heavy (non-hydrogen) atoms. The van der Waals surface area contributed by atoms with Gasteiger partial charge in [0.15, 0.2) is 17.3 Å². The Morgan fingerprint density at radius 1 is 1.15 bits per heavy atom. The summed E-state index contributed by atoms with van der Waals surface area (Å²) < 4.78 is 9.10. The van der Waals surface area contributed by atoms with Gasteiger partial charge in [-0.05, 0) is 46.2 Å². The maximum Gasteiger partial charge on any atom is 0.410 e. The summed E-state index contributed by atoms with van der Waals surface area (Å²) in [6.07, 6.45) is 6.03. The molecule has 1 aliphatic rings. The summed E-state index contributed by atoms with van der Waals surface area (Å²) in [6, 6.07) is 3.76. The minimum atomic E-state index is -0.546. The molecule has 4 aromatic rings. The van der Waals surface area contributed by atoms with E-state index in [-0.39, 0.29) is 18.0 Å². The molecule has 0 saturated carbocycles. The van der Waals surface area contributed by atoms with Gasteiger partial charge in [-0.2, -0.15) is 5.10 Å². The summed E-state index contributed by atoms with van der Waals surface area (Å²) in [5, 5.41) is 11.4. The molecular weight excluding hydrogens is 498 g/mol. The highest BCUT2D eigenvalue weighted by atomic mass is 16.6. The van der Waals surface area contributed by atoms with Gasteiger partial charge in [0.1, 0.15) is 11.1 Å². The van der Waals surface area contributed by atoms with E-state index in [2.05, 4.69) is 30.6 Å². The third-order valence-corrected chi connectivity index (χ3v) is 6.78.